The second kappa shape index (κ2) is 9.76. The maximum absolute atomic E-state index is 5.50. The first-order valence-electron chi connectivity index (χ1n) is 9.43. The highest BCUT2D eigenvalue weighted by Crippen LogP contribution is 2.23. The Hall–Kier alpha value is -2.30. The van der Waals surface area contributed by atoms with Gasteiger partial charge in [0.05, 0.1) is 6.04 Å². The van der Waals surface area contributed by atoms with Crippen LogP contribution < -0.4 is 10.6 Å². The maximum atomic E-state index is 5.50. The fraction of sp³-hybridized carbons (Fsp3) is 0.208. The molecule has 3 aromatic rings. The van der Waals surface area contributed by atoms with E-state index in [2.05, 4.69) is 98.1 Å². The van der Waals surface area contributed by atoms with Crippen LogP contribution in [-0.2, 0) is 5.75 Å². The molecule has 0 aromatic heterocycles. The molecule has 0 heterocycles. The van der Waals surface area contributed by atoms with Crippen LogP contribution in [0, 0.1) is 13.8 Å². The van der Waals surface area contributed by atoms with Crippen molar-refractivity contribution in [2.45, 2.75) is 37.5 Å². The second-order valence-electron chi connectivity index (χ2n) is 6.98. The third kappa shape index (κ3) is 5.85. The van der Waals surface area contributed by atoms with E-state index in [1.54, 1.807) is 0 Å². The van der Waals surface area contributed by atoms with Gasteiger partial charge < -0.3 is 10.6 Å². The number of rotatable bonds is 6. The van der Waals surface area contributed by atoms with Crippen LogP contribution in [0.15, 0.2) is 77.7 Å². The molecule has 0 saturated heterocycles. The summed E-state index contributed by atoms with van der Waals surface area (Å²) in [6, 6.07) is 25.6. The van der Waals surface area contributed by atoms with E-state index < -0.39 is 0 Å². The van der Waals surface area contributed by atoms with Crippen LogP contribution >= 0.6 is 24.0 Å². The SMILES string of the molecule is Cc1ccc(C(C)NC(=S)Nc2ccc(CSc3ccccc3)cc2)c(C)c1. The van der Waals surface area contributed by atoms with Gasteiger partial charge in [-0.15, -0.1) is 11.8 Å². The van der Waals surface area contributed by atoms with Crippen LogP contribution in [0.25, 0.3) is 0 Å². The predicted octanol–water partition coefficient (Wildman–Crippen LogP) is 6.64. The Bertz CT molecular complexity index is 921. The van der Waals surface area contributed by atoms with Crippen molar-refractivity contribution in [3.63, 3.8) is 0 Å². The number of thiocarbonyl (C=S) groups is 1. The summed E-state index contributed by atoms with van der Waals surface area (Å²) in [6.07, 6.45) is 0. The number of benzene rings is 3. The third-order valence-corrected chi connectivity index (χ3v) is 5.90. The first-order chi connectivity index (χ1) is 13.5. The van der Waals surface area contributed by atoms with Crippen molar-refractivity contribution < 1.29 is 0 Å². The number of hydrogen-bond donors (Lipinski definition) is 2. The van der Waals surface area contributed by atoms with E-state index >= 15 is 0 Å². The summed E-state index contributed by atoms with van der Waals surface area (Å²) in [6.45, 7) is 6.39. The lowest BCUT2D eigenvalue weighted by Gasteiger charge is -2.19. The maximum Gasteiger partial charge on any atom is 0.171 e. The Morgan fingerprint density at radius 2 is 1.68 bits per heavy atom. The summed E-state index contributed by atoms with van der Waals surface area (Å²) in [4.78, 5) is 1.29. The van der Waals surface area contributed by atoms with E-state index in [0.29, 0.717) is 5.11 Å². The summed E-state index contributed by atoms with van der Waals surface area (Å²) in [5.41, 5.74) is 6.12. The third-order valence-electron chi connectivity index (χ3n) is 4.60. The number of anilines is 1. The molecule has 28 heavy (non-hydrogen) atoms. The summed E-state index contributed by atoms with van der Waals surface area (Å²) >= 11 is 7.35. The Labute approximate surface area is 177 Å². The van der Waals surface area contributed by atoms with E-state index in [9.17, 15) is 0 Å². The number of hydrogen-bond acceptors (Lipinski definition) is 2. The van der Waals surface area contributed by atoms with Crippen LogP contribution in [0.2, 0.25) is 0 Å². The lowest BCUT2D eigenvalue weighted by atomic mass is 10.0. The largest absolute Gasteiger partial charge is 0.356 e. The van der Waals surface area contributed by atoms with Gasteiger partial charge in [-0.05, 0) is 73.9 Å². The van der Waals surface area contributed by atoms with E-state index in [0.717, 1.165) is 11.4 Å². The van der Waals surface area contributed by atoms with Crippen LogP contribution in [0.5, 0.6) is 0 Å². The molecular weight excluding hydrogens is 380 g/mol. The van der Waals surface area contributed by atoms with Gasteiger partial charge in [-0.1, -0.05) is 54.1 Å². The Morgan fingerprint density at radius 3 is 2.36 bits per heavy atom. The van der Waals surface area contributed by atoms with Crippen molar-refractivity contribution in [3.8, 4) is 0 Å². The first kappa shape index (κ1) is 20.4. The molecule has 0 saturated carbocycles. The quantitative estimate of drug-likeness (QED) is 0.354. The zero-order chi connectivity index (χ0) is 19.9. The smallest absolute Gasteiger partial charge is 0.171 e. The number of aryl methyl sites for hydroxylation is 2. The molecule has 0 radical (unpaired) electrons. The molecule has 1 unspecified atom stereocenters. The van der Waals surface area contributed by atoms with Gasteiger partial charge in [0, 0.05) is 16.3 Å². The fourth-order valence-electron chi connectivity index (χ4n) is 3.12. The second-order valence-corrected chi connectivity index (χ2v) is 8.44. The summed E-state index contributed by atoms with van der Waals surface area (Å²) in [5.74, 6) is 0.955. The van der Waals surface area contributed by atoms with Crippen molar-refractivity contribution in [3.05, 3.63) is 95.1 Å². The van der Waals surface area contributed by atoms with Crippen molar-refractivity contribution in [2.24, 2.45) is 0 Å². The standard InChI is InChI=1S/C24H26N2S2/c1-17-9-14-23(18(2)15-17)19(3)25-24(27)26-21-12-10-20(11-13-21)16-28-22-7-5-4-6-8-22/h4-15,19H,16H2,1-3H3,(H2,25,26,27). The van der Waals surface area contributed by atoms with Crippen molar-refractivity contribution in [1.82, 2.24) is 5.32 Å². The fourth-order valence-corrected chi connectivity index (χ4v) is 4.29. The molecule has 3 aromatic carbocycles. The van der Waals surface area contributed by atoms with E-state index in [4.69, 9.17) is 12.2 Å². The average Bonchev–Trinajstić information content (AvgIpc) is 2.68. The van der Waals surface area contributed by atoms with Gasteiger partial charge in [0.25, 0.3) is 0 Å². The molecule has 144 valence electrons. The normalized spacial score (nSPS) is 11.7. The Morgan fingerprint density at radius 1 is 0.964 bits per heavy atom. The van der Waals surface area contributed by atoms with Gasteiger partial charge >= 0.3 is 0 Å². The molecule has 2 N–H and O–H groups in total. The van der Waals surface area contributed by atoms with Gasteiger partial charge in [0.2, 0.25) is 0 Å². The van der Waals surface area contributed by atoms with Crippen molar-refractivity contribution >= 4 is 34.8 Å². The molecule has 0 aliphatic heterocycles. The minimum absolute atomic E-state index is 0.155. The predicted molar refractivity (Wildman–Crippen MR) is 126 cm³/mol. The van der Waals surface area contributed by atoms with E-state index in [1.165, 1.54) is 27.1 Å². The minimum atomic E-state index is 0.155. The molecule has 3 rings (SSSR count). The molecular formula is C24H26N2S2. The Kier molecular flexibility index (Phi) is 7.12. The molecule has 2 nitrogen and oxygen atoms in total. The first-order valence-corrected chi connectivity index (χ1v) is 10.8. The van der Waals surface area contributed by atoms with Gasteiger partial charge in [-0.3, -0.25) is 0 Å². The molecule has 1 atom stereocenters. The van der Waals surface area contributed by atoms with E-state index in [1.807, 2.05) is 17.8 Å². The number of thioether (sulfide) groups is 1. The van der Waals surface area contributed by atoms with Crippen molar-refractivity contribution in [1.29, 1.82) is 0 Å². The molecule has 0 bridgehead atoms. The monoisotopic (exact) mass is 406 g/mol. The molecule has 0 spiro atoms. The summed E-state index contributed by atoms with van der Waals surface area (Å²) in [5, 5.41) is 7.31. The van der Waals surface area contributed by atoms with Crippen LogP contribution in [0.3, 0.4) is 0 Å². The van der Waals surface area contributed by atoms with Gasteiger partial charge in [-0.2, -0.15) is 0 Å². The van der Waals surface area contributed by atoms with Crippen LogP contribution in [-0.4, -0.2) is 5.11 Å². The summed E-state index contributed by atoms with van der Waals surface area (Å²) < 4.78 is 0. The van der Waals surface area contributed by atoms with Gasteiger partial charge in [-0.25, -0.2) is 0 Å². The Balaban J connectivity index is 1.52. The minimum Gasteiger partial charge on any atom is -0.356 e. The highest BCUT2D eigenvalue weighted by atomic mass is 32.2. The lowest BCUT2D eigenvalue weighted by molar-refractivity contribution is 0.717. The highest BCUT2D eigenvalue weighted by molar-refractivity contribution is 7.98. The topological polar surface area (TPSA) is 24.1 Å². The lowest BCUT2D eigenvalue weighted by Crippen LogP contribution is -2.31. The molecule has 0 fully saturated rings. The summed E-state index contributed by atoms with van der Waals surface area (Å²) in [7, 11) is 0. The zero-order valence-electron chi connectivity index (χ0n) is 16.5. The molecule has 4 heteroatoms. The number of nitrogens with one attached hydrogen (secondary N) is 2. The molecule has 0 amide bonds. The van der Waals surface area contributed by atoms with Crippen LogP contribution in [0.4, 0.5) is 5.69 Å². The average molecular weight is 407 g/mol. The van der Waals surface area contributed by atoms with Gasteiger partial charge in [0.1, 0.15) is 0 Å². The van der Waals surface area contributed by atoms with Crippen molar-refractivity contribution in [2.75, 3.05) is 5.32 Å². The van der Waals surface area contributed by atoms with Gasteiger partial charge in [0.15, 0.2) is 5.11 Å². The molecule has 0 aliphatic rings. The highest BCUT2D eigenvalue weighted by Gasteiger charge is 2.10. The molecule has 0 aliphatic carbocycles. The van der Waals surface area contributed by atoms with E-state index in [-0.39, 0.29) is 6.04 Å². The zero-order valence-corrected chi connectivity index (χ0v) is 18.2. The van der Waals surface area contributed by atoms with Crippen LogP contribution in [0.1, 0.15) is 35.2 Å².